The maximum absolute atomic E-state index is 13.1. The molecule has 2 aromatic heterocycles. The highest BCUT2D eigenvalue weighted by Crippen LogP contribution is 2.40. The SMILES string of the molecule is CCN1C(=O)C(C)(C)C(=O)N(C)c2cc(OCCCN(CCN(C)C(=O)c3cccnc3)Cc3ccncc3)ccc21.Cl.Cl.Cl. The highest BCUT2D eigenvalue weighted by molar-refractivity contribution is 6.20. The van der Waals surface area contributed by atoms with Crippen LogP contribution in [0.15, 0.2) is 67.3 Å². The van der Waals surface area contributed by atoms with Gasteiger partial charge in [-0.15, -0.1) is 37.2 Å². The zero-order chi connectivity index (χ0) is 30.3. The number of nitrogens with zero attached hydrogens (tertiary/aromatic N) is 6. The summed E-state index contributed by atoms with van der Waals surface area (Å²) in [6.45, 7) is 8.91. The van der Waals surface area contributed by atoms with E-state index in [1.165, 1.54) is 0 Å². The van der Waals surface area contributed by atoms with E-state index in [9.17, 15) is 14.4 Å². The molecule has 0 radical (unpaired) electrons. The molecule has 45 heavy (non-hydrogen) atoms. The minimum Gasteiger partial charge on any atom is -0.493 e. The van der Waals surface area contributed by atoms with Crippen LogP contribution in [-0.4, -0.2) is 84.4 Å². The number of halogens is 3. The second-order valence-electron chi connectivity index (χ2n) is 11.0. The van der Waals surface area contributed by atoms with Crippen molar-refractivity contribution in [1.82, 2.24) is 19.8 Å². The van der Waals surface area contributed by atoms with Gasteiger partial charge < -0.3 is 19.4 Å². The van der Waals surface area contributed by atoms with Crippen molar-refractivity contribution in [3.63, 3.8) is 0 Å². The Kier molecular flexibility index (Phi) is 15.7. The Morgan fingerprint density at radius 3 is 2.27 bits per heavy atom. The van der Waals surface area contributed by atoms with Crippen LogP contribution in [0.4, 0.5) is 11.4 Å². The Bertz CT molecular complexity index is 1400. The van der Waals surface area contributed by atoms with Crippen molar-refractivity contribution >= 4 is 66.3 Å². The molecule has 3 aromatic rings. The van der Waals surface area contributed by atoms with E-state index >= 15 is 0 Å². The van der Waals surface area contributed by atoms with Gasteiger partial charge in [0.2, 0.25) is 11.8 Å². The van der Waals surface area contributed by atoms with Gasteiger partial charge in [-0.25, -0.2) is 0 Å². The molecule has 0 N–H and O–H groups in total. The van der Waals surface area contributed by atoms with Gasteiger partial charge in [0, 0.05) is 77.7 Å². The van der Waals surface area contributed by atoms with Gasteiger partial charge in [0.05, 0.1) is 23.5 Å². The lowest BCUT2D eigenvalue weighted by atomic mass is 9.90. The van der Waals surface area contributed by atoms with Crippen LogP contribution in [0, 0.1) is 5.41 Å². The predicted octanol–water partition coefficient (Wildman–Crippen LogP) is 5.14. The van der Waals surface area contributed by atoms with Crippen LogP contribution in [-0.2, 0) is 16.1 Å². The Morgan fingerprint density at radius 2 is 1.62 bits per heavy atom. The maximum atomic E-state index is 13.1. The number of fused-ring (bicyclic) bond motifs is 1. The largest absolute Gasteiger partial charge is 0.493 e. The van der Waals surface area contributed by atoms with Gasteiger partial charge in [0.1, 0.15) is 11.2 Å². The number of aromatic nitrogens is 2. The van der Waals surface area contributed by atoms with E-state index in [2.05, 4.69) is 14.9 Å². The fraction of sp³-hybridized carbons (Fsp3) is 0.406. The van der Waals surface area contributed by atoms with E-state index in [-0.39, 0.29) is 54.9 Å². The standard InChI is InChI=1S/C32H40N6O4.3ClH/c1-6-38-27-11-10-26(21-28(27)36(5)30(40)32(2,3)31(38)41)42-20-8-17-37(23-24-12-15-33-16-13-24)19-18-35(4)29(39)25-9-7-14-34-22-25;;;/h7,9-16,21-22H,6,8,17-20,23H2,1-5H3;3*1H. The van der Waals surface area contributed by atoms with E-state index < -0.39 is 5.41 Å². The van der Waals surface area contributed by atoms with Crippen molar-refractivity contribution in [3.8, 4) is 5.75 Å². The Morgan fingerprint density at radius 1 is 0.911 bits per heavy atom. The van der Waals surface area contributed by atoms with E-state index in [0.717, 1.165) is 25.1 Å². The maximum Gasteiger partial charge on any atom is 0.255 e. The normalized spacial score (nSPS) is 13.6. The molecule has 4 rings (SSSR count). The zero-order valence-electron chi connectivity index (χ0n) is 26.3. The van der Waals surface area contributed by atoms with Gasteiger partial charge in [0.25, 0.3) is 5.91 Å². The molecule has 3 heterocycles. The lowest BCUT2D eigenvalue weighted by Crippen LogP contribution is -2.47. The summed E-state index contributed by atoms with van der Waals surface area (Å²) < 4.78 is 6.12. The number of carbonyl (C=O) groups is 3. The molecular weight excluding hydrogens is 639 g/mol. The van der Waals surface area contributed by atoms with Gasteiger partial charge in [-0.3, -0.25) is 29.3 Å². The molecule has 0 aliphatic carbocycles. The average Bonchev–Trinajstić information content (AvgIpc) is 3.06. The second-order valence-corrected chi connectivity index (χ2v) is 11.0. The zero-order valence-corrected chi connectivity index (χ0v) is 28.8. The van der Waals surface area contributed by atoms with E-state index in [0.29, 0.717) is 48.9 Å². The molecule has 1 aliphatic rings. The van der Waals surface area contributed by atoms with Crippen LogP contribution < -0.4 is 14.5 Å². The summed E-state index contributed by atoms with van der Waals surface area (Å²) in [6.07, 6.45) is 7.55. The summed E-state index contributed by atoms with van der Waals surface area (Å²) >= 11 is 0. The summed E-state index contributed by atoms with van der Waals surface area (Å²) in [7, 11) is 3.50. The smallest absolute Gasteiger partial charge is 0.255 e. The molecule has 3 amide bonds. The number of ether oxygens (including phenoxy) is 1. The van der Waals surface area contributed by atoms with E-state index in [1.807, 2.05) is 37.3 Å². The number of anilines is 2. The minimum absolute atomic E-state index is 0. The lowest BCUT2D eigenvalue weighted by Gasteiger charge is -2.27. The number of pyridine rings is 2. The highest BCUT2D eigenvalue weighted by Gasteiger charge is 2.45. The quantitative estimate of drug-likeness (QED) is 0.193. The first-order valence-electron chi connectivity index (χ1n) is 14.3. The van der Waals surface area contributed by atoms with Crippen molar-refractivity contribution < 1.29 is 19.1 Å². The predicted molar refractivity (Wildman–Crippen MR) is 184 cm³/mol. The highest BCUT2D eigenvalue weighted by atomic mass is 35.5. The summed E-state index contributed by atoms with van der Waals surface area (Å²) in [4.78, 5) is 54.4. The molecule has 246 valence electrons. The van der Waals surface area contributed by atoms with Crippen LogP contribution in [0.1, 0.15) is 43.1 Å². The number of benzene rings is 1. The topological polar surface area (TPSA) is 99.2 Å². The molecule has 0 bridgehead atoms. The molecule has 0 atom stereocenters. The summed E-state index contributed by atoms with van der Waals surface area (Å²) in [5.74, 6) is 0.115. The Hall–Kier alpha value is -3.44. The fourth-order valence-electron chi connectivity index (χ4n) is 5.07. The number of hydrogen-bond acceptors (Lipinski definition) is 7. The molecular formula is C32H43Cl3N6O4. The Balaban J connectivity index is 0.00000337. The molecule has 1 aromatic carbocycles. The Labute approximate surface area is 284 Å². The van der Waals surface area contributed by atoms with Crippen LogP contribution in [0.3, 0.4) is 0 Å². The van der Waals surface area contributed by atoms with Gasteiger partial charge in [-0.2, -0.15) is 0 Å². The first-order valence-corrected chi connectivity index (χ1v) is 14.3. The van der Waals surface area contributed by atoms with Gasteiger partial charge in [0.15, 0.2) is 0 Å². The number of rotatable bonds is 12. The molecule has 0 unspecified atom stereocenters. The summed E-state index contributed by atoms with van der Waals surface area (Å²) in [5, 5.41) is 0. The fourth-order valence-corrected chi connectivity index (χ4v) is 5.07. The third kappa shape index (κ3) is 9.53. The molecule has 1 aliphatic heterocycles. The van der Waals surface area contributed by atoms with Crippen LogP contribution in [0.25, 0.3) is 0 Å². The third-order valence-corrected chi connectivity index (χ3v) is 7.58. The number of amides is 3. The van der Waals surface area contributed by atoms with Gasteiger partial charge >= 0.3 is 0 Å². The van der Waals surface area contributed by atoms with Crippen LogP contribution in [0.5, 0.6) is 5.75 Å². The molecule has 0 fully saturated rings. The van der Waals surface area contributed by atoms with E-state index in [4.69, 9.17) is 4.74 Å². The number of carbonyl (C=O) groups excluding carboxylic acids is 3. The van der Waals surface area contributed by atoms with Crippen molar-refractivity contribution in [3.05, 3.63) is 78.4 Å². The van der Waals surface area contributed by atoms with Gasteiger partial charge in [-0.1, -0.05) is 0 Å². The number of likely N-dealkylation sites (N-methyl/N-ethyl adjacent to an activating group) is 1. The molecule has 0 spiro atoms. The molecule has 13 heteroatoms. The second kappa shape index (κ2) is 17.9. The third-order valence-electron chi connectivity index (χ3n) is 7.58. The summed E-state index contributed by atoms with van der Waals surface area (Å²) in [6, 6.07) is 13.0. The lowest BCUT2D eigenvalue weighted by molar-refractivity contribution is -0.137. The average molecular weight is 682 g/mol. The van der Waals surface area contributed by atoms with Crippen molar-refractivity contribution in [2.24, 2.45) is 5.41 Å². The van der Waals surface area contributed by atoms with Crippen molar-refractivity contribution in [1.29, 1.82) is 0 Å². The monoisotopic (exact) mass is 680 g/mol. The van der Waals surface area contributed by atoms with Crippen molar-refractivity contribution in [2.45, 2.75) is 33.7 Å². The number of hydrogen-bond donors (Lipinski definition) is 0. The van der Waals surface area contributed by atoms with Crippen LogP contribution in [0.2, 0.25) is 0 Å². The minimum atomic E-state index is -1.15. The summed E-state index contributed by atoms with van der Waals surface area (Å²) in [5.41, 5.74) is 1.91. The van der Waals surface area contributed by atoms with Crippen LogP contribution >= 0.6 is 37.2 Å². The molecule has 0 saturated carbocycles. The van der Waals surface area contributed by atoms with Crippen molar-refractivity contribution in [2.75, 3.05) is 56.7 Å². The molecule has 0 saturated heterocycles. The first kappa shape index (κ1) is 39.6. The molecule has 10 nitrogen and oxygen atoms in total. The first-order chi connectivity index (χ1) is 20.1. The van der Waals surface area contributed by atoms with Gasteiger partial charge in [-0.05, 0) is 69.2 Å². The van der Waals surface area contributed by atoms with E-state index in [1.54, 1.807) is 79.6 Å².